The van der Waals surface area contributed by atoms with Gasteiger partial charge in [-0.05, 0) is 43.2 Å². The summed E-state index contributed by atoms with van der Waals surface area (Å²) in [5.74, 6) is -9.41. The molecule has 0 spiro atoms. The van der Waals surface area contributed by atoms with Crippen molar-refractivity contribution in [3.63, 3.8) is 0 Å². The number of alkyl halides is 4. The molecule has 5 aromatic rings. The number of anilines is 2. The van der Waals surface area contributed by atoms with Crippen molar-refractivity contribution in [3.05, 3.63) is 99.1 Å². The van der Waals surface area contributed by atoms with Crippen molar-refractivity contribution >= 4 is 55.8 Å². The quantitative estimate of drug-likeness (QED) is 0.0978. The van der Waals surface area contributed by atoms with Gasteiger partial charge in [-0.2, -0.15) is 19.0 Å². The molecule has 3 N–H and O–H groups in total. The third-order valence-electron chi connectivity index (χ3n) is 9.59. The van der Waals surface area contributed by atoms with E-state index in [1.807, 2.05) is 0 Å². The average Bonchev–Trinajstić information content (AvgIpc) is 3.62. The lowest BCUT2D eigenvalue weighted by molar-refractivity contribution is -0.123. The molecule has 0 bridgehead atoms. The first-order chi connectivity index (χ1) is 26.2. The highest BCUT2D eigenvalue weighted by Crippen LogP contribution is 2.60. The highest BCUT2D eigenvalue weighted by atomic mass is 35.5. The van der Waals surface area contributed by atoms with Crippen molar-refractivity contribution in [2.24, 2.45) is 13.0 Å². The van der Waals surface area contributed by atoms with Crippen LogP contribution in [0, 0.1) is 24.5 Å². The molecule has 294 valence electrons. The first-order valence-corrected chi connectivity index (χ1v) is 19.1. The molecule has 0 aliphatic heterocycles. The number of allylic oxidation sites excluding steroid dienone is 2. The van der Waals surface area contributed by atoms with Gasteiger partial charge in [0.15, 0.2) is 5.82 Å². The molecule has 2 aliphatic rings. The Hall–Kier alpha value is -5.43. The number of rotatable bonds is 11. The lowest BCUT2D eigenvalue weighted by atomic mass is 9.81. The number of benzene rings is 2. The number of pyridine rings is 1. The Balaban J connectivity index is 1.39. The van der Waals surface area contributed by atoms with Gasteiger partial charge in [-0.3, -0.25) is 28.7 Å². The van der Waals surface area contributed by atoms with Crippen LogP contribution in [0.2, 0.25) is 5.02 Å². The Labute approximate surface area is 320 Å². The molecule has 2 aromatic carbocycles. The maximum atomic E-state index is 15.6. The summed E-state index contributed by atoms with van der Waals surface area (Å²) in [7, 11) is -2.34. The smallest absolute Gasteiger partial charge is 0.296 e. The van der Waals surface area contributed by atoms with E-state index in [-0.39, 0.29) is 61.9 Å². The zero-order valence-electron chi connectivity index (χ0n) is 29.8. The minimum absolute atomic E-state index is 0.0414. The molecule has 2 aliphatic carbocycles. The predicted molar refractivity (Wildman–Crippen MR) is 194 cm³/mol. The third-order valence-corrected chi connectivity index (χ3v) is 10.5. The van der Waals surface area contributed by atoms with Crippen LogP contribution in [0.1, 0.15) is 59.2 Å². The normalized spacial score (nSPS) is 17.4. The fourth-order valence-corrected chi connectivity index (χ4v) is 8.12. The summed E-state index contributed by atoms with van der Waals surface area (Å²) in [4.78, 5) is 30.9. The van der Waals surface area contributed by atoms with Gasteiger partial charge in [0.25, 0.3) is 12.3 Å². The number of aromatic nitrogens is 5. The lowest BCUT2D eigenvalue weighted by Gasteiger charge is -2.27. The van der Waals surface area contributed by atoms with E-state index >= 15 is 8.78 Å². The topological polar surface area (TPSA) is 153 Å². The monoisotopic (exact) mass is 820 g/mol. The molecule has 3 aromatic heterocycles. The van der Waals surface area contributed by atoms with Gasteiger partial charge in [-0.25, -0.2) is 26.0 Å². The van der Waals surface area contributed by atoms with E-state index in [2.05, 4.69) is 25.6 Å². The number of carbonyl (C=O) groups is 2. The number of sulfonamides is 1. The molecule has 0 unspecified atom stereocenters. The highest BCUT2D eigenvalue weighted by molar-refractivity contribution is 7.92. The lowest BCUT2D eigenvalue weighted by Crippen LogP contribution is -2.36. The SMILES string of the molecule is CC(=O)Nc1cc(-c2ccc(Cl)c3c(NS(C)(=O)=O)nn(C)c23)c([C@H](Cc2cc(F)cc(F)c2)NC(=O)Cn2nc(C(F)F)c3c2C(F)(F)[C@@H]2C=C[C@H]32)nc1C. The van der Waals surface area contributed by atoms with Crippen LogP contribution in [-0.2, 0) is 45.5 Å². The average molecular weight is 821 g/mol. The van der Waals surface area contributed by atoms with Crippen LogP contribution >= 0.6 is 11.6 Å². The van der Waals surface area contributed by atoms with Crippen molar-refractivity contribution in [3.8, 4) is 11.1 Å². The first kappa shape index (κ1) is 38.8. The van der Waals surface area contributed by atoms with Gasteiger partial charge in [0.1, 0.15) is 29.6 Å². The van der Waals surface area contributed by atoms with Gasteiger partial charge >= 0.3 is 0 Å². The van der Waals surface area contributed by atoms with Crippen molar-refractivity contribution < 1.29 is 44.3 Å². The number of halogens is 7. The van der Waals surface area contributed by atoms with Crippen LogP contribution in [0.5, 0.6) is 0 Å². The fraction of sp³-hybridized carbons (Fsp3) is 0.306. The first-order valence-electron chi connectivity index (χ1n) is 16.9. The van der Waals surface area contributed by atoms with Crippen LogP contribution < -0.4 is 15.4 Å². The highest BCUT2D eigenvalue weighted by Gasteiger charge is 2.60. The molecule has 0 saturated heterocycles. The number of amides is 2. The summed E-state index contributed by atoms with van der Waals surface area (Å²) in [6.07, 6.45) is -0.0300. The number of hydrogen-bond donors (Lipinski definition) is 3. The number of aryl methyl sites for hydroxylation is 2. The van der Waals surface area contributed by atoms with Crippen LogP contribution in [0.15, 0.2) is 48.6 Å². The Kier molecular flexibility index (Phi) is 9.67. The Morgan fingerprint density at radius 2 is 1.71 bits per heavy atom. The molecule has 2 amide bonds. The molecular formula is C36H31ClF6N8O4S. The molecule has 3 atom stereocenters. The van der Waals surface area contributed by atoms with Crippen LogP contribution in [0.4, 0.5) is 37.8 Å². The van der Waals surface area contributed by atoms with Crippen LogP contribution in [-0.4, -0.2) is 51.0 Å². The standard InChI is InChI=1S/C36H31ClF6N8O4S/c1-15-25(45-16(2)52)13-22(20-6-8-24(37)29-32(20)50(3)48-35(29)49-56(4,54)55)30(44-15)26(11-17-9-18(38)12-19(39)10-17)46-27(53)14-51-33-28(31(47-51)34(40)41)21-5-7-23(21)36(33,42)43/h5-10,12-13,21,23,26,34H,11,14H2,1-4H3,(H,45,52)(H,46,53)(H,48,49)/t21-,23+,26-/m0/s1. The summed E-state index contributed by atoms with van der Waals surface area (Å²) in [5, 5.41) is 13.7. The van der Waals surface area contributed by atoms with Crippen molar-refractivity contribution in [2.75, 3.05) is 16.3 Å². The molecule has 0 fully saturated rings. The molecule has 3 heterocycles. The molecule has 12 nitrogen and oxygen atoms in total. The molecule has 56 heavy (non-hydrogen) atoms. The maximum Gasteiger partial charge on any atom is 0.296 e. The fourth-order valence-electron chi connectivity index (χ4n) is 7.38. The van der Waals surface area contributed by atoms with Crippen LogP contribution in [0.25, 0.3) is 22.0 Å². The summed E-state index contributed by atoms with van der Waals surface area (Å²) < 4.78 is 117. The third kappa shape index (κ3) is 6.97. The summed E-state index contributed by atoms with van der Waals surface area (Å²) in [5.41, 5.74) is -0.705. The number of fused-ring (bicyclic) bond motifs is 4. The zero-order chi connectivity index (χ0) is 40.6. The molecule has 7 rings (SSSR count). The van der Waals surface area contributed by atoms with E-state index in [9.17, 15) is 35.6 Å². The van der Waals surface area contributed by atoms with E-state index in [0.717, 1.165) is 18.4 Å². The zero-order valence-corrected chi connectivity index (χ0v) is 31.3. The molecule has 0 radical (unpaired) electrons. The second-order valence-electron chi connectivity index (χ2n) is 13.7. The number of nitrogens with zero attached hydrogens (tertiary/aromatic N) is 5. The minimum atomic E-state index is -3.85. The summed E-state index contributed by atoms with van der Waals surface area (Å²) in [6, 6.07) is 5.88. The van der Waals surface area contributed by atoms with Gasteiger partial charge in [0, 0.05) is 42.6 Å². The predicted octanol–water partition coefficient (Wildman–Crippen LogP) is 6.81. The van der Waals surface area contributed by atoms with Crippen molar-refractivity contribution in [1.82, 2.24) is 29.9 Å². The largest absolute Gasteiger partial charge is 0.346 e. The summed E-state index contributed by atoms with van der Waals surface area (Å²) in [6.45, 7) is 1.86. The minimum Gasteiger partial charge on any atom is -0.346 e. The van der Waals surface area contributed by atoms with Gasteiger partial charge in [0.05, 0.1) is 51.2 Å². The molecular weight excluding hydrogens is 790 g/mol. The Morgan fingerprint density at radius 3 is 2.32 bits per heavy atom. The van der Waals surface area contributed by atoms with Crippen molar-refractivity contribution in [1.29, 1.82) is 0 Å². The second-order valence-corrected chi connectivity index (χ2v) is 15.8. The van der Waals surface area contributed by atoms with Crippen molar-refractivity contribution in [2.45, 2.75) is 51.1 Å². The van der Waals surface area contributed by atoms with Crippen LogP contribution in [0.3, 0.4) is 0 Å². The number of nitrogens with one attached hydrogen (secondary N) is 3. The number of carbonyl (C=O) groups excluding carboxylic acids is 2. The summed E-state index contributed by atoms with van der Waals surface area (Å²) >= 11 is 6.58. The molecule has 20 heteroatoms. The van der Waals surface area contributed by atoms with E-state index < -0.39 is 81.6 Å². The second kappa shape index (κ2) is 13.9. The van der Waals surface area contributed by atoms with Gasteiger partial charge < -0.3 is 10.6 Å². The van der Waals surface area contributed by atoms with Gasteiger partial charge in [0.2, 0.25) is 21.8 Å². The van der Waals surface area contributed by atoms with Gasteiger partial charge in [-0.1, -0.05) is 29.8 Å². The van der Waals surface area contributed by atoms with E-state index in [4.69, 9.17) is 16.6 Å². The Morgan fingerprint density at radius 1 is 1.02 bits per heavy atom. The Bertz CT molecular complexity index is 2590. The maximum absolute atomic E-state index is 15.6. The van der Waals surface area contributed by atoms with E-state index in [0.29, 0.717) is 16.3 Å². The van der Waals surface area contributed by atoms with E-state index in [1.54, 1.807) is 6.07 Å². The van der Waals surface area contributed by atoms with E-state index in [1.165, 1.54) is 49.9 Å². The number of hydrogen-bond acceptors (Lipinski definition) is 7. The molecule has 0 saturated carbocycles. The van der Waals surface area contributed by atoms with Gasteiger partial charge in [-0.15, -0.1) is 0 Å².